The van der Waals surface area contributed by atoms with Crippen molar-refractivity contribution < 1.29 is 13.2 Å². The van der Waals surface area contributed by atoms with E-state index in [1.807, 2.05) is 0 Å². The SMILES string of the molecule is CCC(=O)c1cccc(S(=O)(=O)N2CCCNCC2)c1.Cl. The fraction of sp³-hybridized carbons (Fsp3) is 0.500. The number of nitrogens with zero attached hydrogens (tertiary/aromatic N) is 1. The quantitative estimate of drug-likeness (QED) is 0.852. The summed E-state index contributed by atoms with van der Waals surface area (Å²) in [6.45, 7) is 4.24. The fourth-order valence-electron chi connectivity index (χ4n) is 2.24. The van der Waals surface area contributed by atoms with Crippen molar-refractivity contribution in [3.8, 4) is 0 Å². The van der Waals surface area contributed by atoms with E-state index < -0.39 is 10.0 Å². The lowest BCUT2D eigenvalue weighted by Gasteiger charge is -2.19. The van der Waals surface area contributed by atoms with Crippen molar-refractivity contribution in [2.75, 3.05) is 26.2 Å². The average molecular weight is 333 g/mol. The van der Waals surface area contributed by atoms with Crippen LogP contribution in [0.5, 0.6) is 0 Å². The normalized spacial score (nSPS) is 16.8. The third-order valence-corrected chi connectivity index (χ3v) is 5.31. The van der Waals surface area contributed by atoms with Gasteiger partial charge in [0.1, 0.15) is 0 Å². The van der Waals surface area contributed by atoms with Gasteiger partial charge in [0.15, 0.2) is 5.78 Å². The van der Waals surface area contributed by atoms with Gasteiger partial charge in [0.05, 0.1) is 4.90 Å². The van der Waals surface area contributed by atoms with Gasteiger partial charge in [-0.05, 0) is 25.1 Å². The van der Waals surface area contributed by atoms with Crippen LogP contribution in [0.1, 0.15) is 30.1 Å². The number of hydrogen-bond acceptors (Lipinski definition) is 4. The Hall–Kier alpha value is -0.950. The van der Waals surface area contributed by atoms with Crippen LogP contribution in [0, 0.1) is 0 Å². The molecule has 0 bridgehead atoms. The monoisotopic (exact) mass is 332 g/mol. The van der Waals surface area contributed by atoms with Crippen LogP contribution in [-0.2, 0) is 10.0 Å². The van der Waals surface area contributed by atoms with Crippen molar-refractivity contribution in [1.82, 2.24) is 9.62 Å². The average Bonchev–Trinajstić information content (AvgIpc) is 2.76. The Bertz CT molecular complexity index is 582. The van der Waals surface area contributed by atoms with E-state index >= 15 is 0 Å². The molecule has 1 aromatic rings. The zero-order valence-electron chi connectivity index (χ0n) is 12.0. The number of Topliss-reactive ketones (excluding diaryl/α,β-unsaturated/α-hetero) is 1. The summed E-state index contributed by atoms with van der Waals surface area (Å²) in [6.07, 6.45) is 1.17. The molecule has 0 unspecified atom stereocenters. The van der Waals surface area contributed by atoms with E-state index in [9.17, 15) is 13.2 Å². The molecular formula is C14H21ClN2O3S. The molecule has 0 aromatic heterocycles. The van der Waals surface area contributed by atoms with Gasteiger partial charge in [-0.2, -0.15) is 4.31 Å². The van der Waals surface area contributed by atoms with Crippen molar-refractivity contribution in [3.63, 3.8) is 0 Å². The van der Waals surface area contributed by atoms with E-state index in [1.165, 1.54) is 10.4 Å². The highest BCUT2D eigenvalue weighted by Crippen LogP contribution is 2.18. The summed E-state index contributed by atoms with van der Waals surface area (Å²) in [5, 5.41) is 3.18. The molecule has 1 N–H and O–H groups in total. The van der Waals surface area contributed by atoms with Gasteiger partial charge in [0.2, 0.25) is 10.0 Å². The maximum Gasteiger partial charge on any atom is 0.243 e. The summed E-state index contributed by atoms with van der Waals surface area (Å²) in [5.74, 6) is -0.0421. The van der Waals surface area contributed by atoms with Crippen LogP contribution in [0.3, 0.4) is 0 Å². The van der Waals surface area contributed by atoms with Crippen LogP contribution < -0.4 is 5.32 Å². The summed E-state index contributed by atoms with van der Waals surface area (Å²) >= 11 is 0. The van der Waals surface area contributed by atoms with Crippen molar-refractivity contribution in [2.45, 2.75) is 24.7 Å². The predicted octanol–water partition coefficient (Wildman–Crippen LogP) is 1.69. The topological polar surface area (TPSA) is 66.5 Å². The zero-order valence-corrected chi connectivity index (χ0v) is 13.7. The first kappa shape index (κ1) is 18.1. The Kier molecular flexibility index (Phi) is 6.80. The van der Waals surface area contributed by atoms with E-state index in [0.29, 0.717) is 31.6 Å². The molecule has 0 aliphatic carbocycles. The highest BCUT2D eigenvalue weighted by atomic mass is 35.5. The summed E-state index contributed by atoms with van der Waals surface area (Å²) in [4.78, 5) is 11.9. The smallest absolute Gasteiger partial charge is 0.243 e. The van der Waals surface area contributed by atoms with Crippen LogP contribution in [0.2, 0.25) is 0 Å². The molecule has 1 aliphatic heterocycles. The lowest BCUT2D eigenvalue weighted by molar-refractivity contribution is 0.0988. The summed E-state index contributed by atoms with van der Waals surface area (Å²) in [5.41, 5.74) is 0.460. The third-order valence-electron chi connectivity index (χ3n) is 3.41. The summed E-state index contributed by atoms with van der Waals surface area (Å²) < 4.78 is 26.7. The maximum absolute atomic E-state index is 12.6. The number of rotatable bonds is 4. The zero-order chi connectivity index (χ0) is 14.6. The molecule has 1 heterocycles. The summed E-state index contributed by atoms with van der Waals surface area (Å²) in [6, 6.07) is 6.33. The van der Waals surface area contributed by atoms with E-state index in [2.05, 4.69) is 5.32 Å². The lowest BCUT2D eigenvalue weighted by atomic mass is 10.1. The molecule has 5 nitrogen and oxygen atoms in total. The van der Waals surface area contributed by atoms with Gasteiger partial charge in [0.25, 0.3) is 0 Å². The molecule has 1 saturated heterocycles. The van der Waals surface area contributed by atoms with Gasteiger partial charge in [0, 0.05) is 31.6 Å². The van der Waals surface area contributed by atoms with Gasteiger partial charge < -0.3 is 5.32 Å². The van der Waals surface area contributed by atoms with Crippen LogP contribution in [0.4, 0.5) is 0 Å². The van der Waals surface area contributed by atoms with E-state index in [0.717, 1.165) is 13.0 Å². The Morgan fingerprint density at radius 3 is 2.76 bits per heavy atom. The Morgan fingerprint density at radius 1 is 1.29 bits per heavy atom. The third kappa shape index (κ3) is 4.26. The predicted molar refractivity (Wildman–Crippen MR) is 84.6 cm³/mol. The highest BCUT2D eigenvalue weighted by Gasteiger charge is 2.25. The number of halogens is 1. The first-order chi connectivity index (χ1) is 9.55. The first-order valence-corrected chi connectivity index (χ1v) is 8.34. The Balaban J connectivity index is 0.00000220. The van der Waals surface area contributed by atoms with Crippen molar-refractivity contribution >= 4 is 28.2 Å². The minimum atomic E-state index is -3.51. The number of ketones is 1. The van der Waals surface area contributed by atoms with E-state index in [1.54, 1.807) is 25.1 Å². The number of nitrogens with one attached hydrogen (secondary N) is 1. The molecule has 0 spiro atoms. The second-order valence-electron chi connectivity index (χ2n) is 4.81. The minimum absolute atomic E-state index is 0. The van der Waals surface area contributed by atoms with Crippen molar-refractivity contribution in [3.05, 3.63) is 29.8 Å². The molecule has 2 rings (SSSR count). The molecule has 1 aliphatic rings. The van der Waals surface area contributed by atoms with Gasteiger partial charge >= 0.3 is 0 Å². The standard InChI is InChI=1S/C14H20N2O3S.ClH/c1-2-14(17)12-5-3-6-13(11-12)20(18,19)16-9-4-7-15-8-10-16;/h3,5-6,11,15H,2,4,7-10H2,1H3;1H. The number of sulfonamides is 1. The molecule has 0 atom stereocenters. The van der Waals surface area contributed by atoms with Crippen molar-refractivity contribution in [2.24, 2.45) is 0 Å². The molecule has 0 radical (unpaired) electrons. The van der Waals surface area contributed by atoms with E-state index in [-0.39, 0.29) is 23.1 Å². The van der Waals surface area contributed by atoms with Gasteiger partial charge in [-0.1, -0.05) is 19.1 Å². The first-order valence-electron chi connectivity index (χ1n) is 6.90. The van der Waals surface area contributed by atoms with Gasteiger partial charge in [-0.3, -0.25) is 4.79 Å². The van der Waals surface area contributed by atoms with Crippen LogP contribution in [0.15, 0.2) is 29.2 Å². The number of benzene rings is 1. The molecule has 21 heavy (non-hydrogen) atoms. The molecule has 7 heteroatoms. The highest BCUT2D eigenvalue weighted by molar-refractivity contribution is 7.89. The fourth-order valence-corrected chi connectivity index (χ4v) is 3.77. The molecular weight excluding hydrogens is 312 g/mol. The molecule has 1 aromatic carbocycles. The molecule has 0 amide bonds. The number of carbonyl (C=O) groups excluding carboxylic acids is 1. The van der Waals surface area contributed by atoms with Gasteiger partial charge in [-0.15, -0.1) is 12.4 Å². The molecule has 0 saturated carbocycles. The number of carbonyl (C=O) groups is 1. The van der Waals surface area contributed by atoms with Crippen LogP contribution in [0.25, 0.3) is 0 Å². The van der Waals surface area contributed by atoms with Crippen LogP contribution >= 0.6 is 12.4 Å². The Morgan fingerprint density at radius 2 is 2.05 bits per heavy atom. The van der Waals surface area contributed by atoms with Crippen LogP contribution in [-0.4, -0.2) is 44.7 Å². The minimum Gasteiger partial charge on any atom is -0.315 e. The Labute approximate surface area is 132 Å². The maximum atomic E-state index is 12.6. The van der Waals surface area contributed by atoms with Gasteiger partial charge in [-0.25, -0.2) is 8.42 Å². The largest absolute Gasteiger partial charge is 0.315 e. The second-order valence-corrected chi connectivity index (χ2v) is 6.75. The van der Waals surface area contributed by atoms with E-state index in [4.69, 9.17) is 0 Å². The molecule has 118 valence electrons. The second kappa shape index (κ2) is 7.89. The molecule has 1 fully saturated rings. The summed E-state index contributed by atoms with van der Waals surface area (Å²) in [7, 11) is -3.51. The van der Waals surface area contributed by atoms with Crippen molar-refractivity contribution in [1.29, 1.82) is 0 Å². The number of hydrogen-bond donors (Lipinski definition) is 1. The lowest BCUT2D eigenvalue weighted by Crippen LogP contribution is -2.34.